The molecule has 0 spiro atoms. The van der Waals surface area contributed by atoms with Crippen LogP contribution in [0.15, 0.2) is 12.1 Å². The van der Waals surface area contributed by atoms with Crippen molar-refractivity contribution in [2.45, 2.75) is 39.5 Å². The number of nitrogens with two attached hydrogens (primary N) is 1. The lowest BCUT2D eigenvalue weighted by atomic mass is 9.99. The molecule has 0 radical (unpaired) electrons. The molecule has 0 fully saturated rings. The van der Waals surface area contributed by atoms with Crippen molar-refractivity contribution in [2.24, 2.45) is 0 Å². The fourth-order valence-corrected chi connectivity index (χ4v) is 1.63. The van der Waals surface area contributed by atoms with E-state index >= 15 is 0 Å². The number of rotatable bonds is 5. The Morgan fingerprint density at radius 3 is 2.71 bits per heavy atom. The summed E-state index contributed by atoms with van der Waals surface area (Å²) in [5.41, 5.74) is 8.87. The van der Waals surface area contributed by atoms with Gasteiger partial charge in [0, 0.05) is 12.1 Å². The summed E-state index contributed by atoms with van der Waals surface area (Å²) in [5, 5.41) is 8.46. The number of hydrogen-bond acceptors (Lipinski definition) is 3. The van der Waals surface area contributed by atoms with E-state index in [1.165, 1.54) is 0 Å². The molecule has 0 aliphatic heterocycles. The van der Waals surface area contributed by atoms with E-state index in [0.717, 1.165) is 29.0 Å². The summed E-state index contributed by atoms with van der Waals surface area (Å²) in [7, 11) is 0. The van der Waals surface area contributed by atoms with Gasteiger partial charge in [0.2, 0.25) is 0 Å². The van der Waals surface area contributed by atoms with Crippen LogP contribution in [0.2, 0.25) is 0 Å². The number of nitriles is 1. The molecule has 3 nitrogen and oxygen atoms in total. The maximum absolute atomic E-state index is 8.46. The Hall–Kier alpha value is -1.69. The van der Waals surface area contributed by atoms with Gasteiger partial charge in [-0.05, 0) is 42.5 Å². The predicted octanol–water partition coefficient (Wildman–Crippen LogP) is 3.38. The second-order valence-corrected chi connectivity index (χ2v) is 4.51. The van der Waals surface area contributed by atoms with Gasteiger partial charge < -0.3 is 10.5 Å². The summed E-state index contributed by atoms with van der Waals surface area (Å²) in [5.74, 6) is 1.27. The number of hydrogen-bond donors (Lipinski definition) is 1. The topological polar surface area (TPSA) is 59.0 Å². The van der Waals surface area contributed by atoms with Gasteiger partial charge >= 0.3 is 0 Å². The Labute approximate surface area is 103 Å². The van der Waals surface area contributed by atoms with Gasteiger partial charge in [-0.25, -0.2) is 0 Å². The number of aryl methyl sites for hydroxylation is 1. The quantitative estimate of drug-likeness (QED) is 0.625. The molecule has 1 aromatic rings. The van der Waals surface area contributed by atoms with Crippen LogP contribution < -0.4 is 10.5 Å². The standard InChI is InChI=1S/C14H20N2O/c1-10(2)12-9-13(16)11(3)8-14(12)17-7-5-4-6-15/h8-10H,4-5,7,16H2,1-3H3. The van der Waals surface area contributed by atoms with E-state index in [4.69, 9.17) is 15.7 Å². The van der Waals surface area contributed by atoms with E-state index in [1.54, 1.807) is 0 Å². The summed E-state index contributed by atoms with van der Waals surface area (Å²) in [6.07, 6.45) is 1.29. The Morgan fingerprint density at radius 2 is 2.12 bits per heavy atom. The Bertz CT molecular complexity index is 419. The molecular formula is C14H20N2O. The average Bonchev–Trinajstić information content (AvgIpc) is 2.28. The third kappa shape index (κ3) is 3.67. The highest BCUT2D eigenvalue weighted by Crippen LogP contribution is 2.31. The number of unbranched alkanes of at least 4 members (excludes halogenated alkanes) is 1. The number of nitrogens with zero attached hydrogens (tertiary/aromatic N) is 1. The monoisotopic (exact) mass is 232 g/mol. The van der Waals surface area contributed by atoms with Gasteiger partial charge in [0.15, 0.2) is 0 Å². The molecule has 92 valence electrons. The van der Waals surface area contributed by atoms with Crippen molar-refractivity contribution in [1.82, 2.24) is 0 Å². The van der Waals surface area contributed by atoms with Crippen LogP contribution in [-0.4, -0.2) is 6.61 Å². The molecule has 1 aromatic carbocycles. The highest BCUT2D eigenvalue weighted by molar-refractivity contribution is 5.55. The lowest BCUT2D eigenvalue weighted by molar-refractivity contribution is 0.308. The minimum Gasteiger partial charge on any atom is -0.493 e. The molecule has 0 saturated heterocycles. The smallest absolute Gasteiger partial charge is 0.123 e. The molecule has 0 saturated carbocycles. The molecular weight excluding hydrogens is 212 g/mol. The third-order valence-electron chi connectivity index (χ3n) is 2.71. The van der Waals surface area contributed by atoms with Crippen molar-refractivity contribution < 1.29 is 4.74 Å². The average molecular weight is 232 g/mol. The zero-order valence-corrected chi connectivity index (χ0v) is 10.8. The molecule has 0 amide bonds. The first-order valence-corrected chi connectivity index (χ1v) is 5.96. The molecule has 17 heavy (non-hydrogen) atoms. The van der Waals surface area contributed by atoms with E-state index in [0.29, 0.717) is 18.9 Å². The SMILES string of the molecule is Cc1cc(OCCCC#N)c(C(C)C)cc1N. The van der Waals surface area contributed by atoms with Crippen molar-refractivity contribution in [2.75, 3.05) is 12.3 Å². The van der Waals surface area contributed by atoms with Crippen molar-refractivity contribution in [1.29, 1.82) is 5.26 Å². The van der Waals surface area contributed by atoms with E-state index < -0.39 is 0 Å². The van der Waals surface area contributed by atoms with Crippen LogP contribution in [0.5, 0.6) is 5.75 Å². The van der Waals surface area contributed by atoms with Gasteiger partial charge in [0.1, 0.15) is 5.75 Å². The van der Waals surface area contributed by atoms with Crippen molar-refractivity contribution in [3.8, 4) is 11.8 Å². The Kier molecular flexibility index (Phi) is 4.84. The van der Waals surface area contributed by atoms with Crippen LogP contribution in [0.1, 0.15) is 43.7 Å². The second kappa shape index (κ2) is 6.15. The summed E-state index contributed by atoms with van der Waals surface area (Å²) in [6.45, 7) is 6.79. The number of benzene rings is 1. The van der Waals surface area contributed by atoms with Gasteiger partial charge in [0.05, 0.1) is 12.7 Å². The first-order chi connectivity index (χ1) is 8.06. The van der Waals surface area contributed by atoms with Gasteiger partial charge in [-0.2, -0.15) is 5.26 Å². The maximum Gasteiger partial charge on any atom is 0.123 e. The Balaban J connectivity index is 2.82. The fraction of sp³-hybridized carbons (Fsp3) is 0.500. The zero-order valence-electron chi connectivity index (χ0n) is 10.8. The molecule has 0 bridgehead atoms. The maximum atomic E-state index is 8.46. The van der Waals surface area contributed by atoms with Crippen LogP contribution in [0.25, 0.3) is 0 Å². The summed E-state index contributed by atoms with van der Waals surface area (Å²) >= 11 is 0. The van der Waals surface area contributed by atoms with Gasteiger partial charge in [0.25, 0.3) is 0 Å². The number of ether oxygens (including phenoxy) is 1. The summed E-state index contributed by atoms with van der Waals surface area (Å²) < 4.78 is 5.73. The molecule has 0 heterocycles. The van der Waals surface area contributed by atoms with E-state index in [2.05, 4.69) is 19.9 Å². The van der Waals surface area contributed by atoms with Crippen molar-refractivity contribution in [3.05, 3.63) is 23.3 Å². The number of nitrogen functional groups attached to an aromatic ring is 1. The Morgan fingerprint density at radius 1 is 1.41 bits per heavy atom. The fourth-order valence-electron chi connectivity index (χ4n) is 1.63. The molecule has 0 aromatic heterocycles. The normalized spacial score (nSPS) is 10.3. The molecule has 0 unspecified atom stereocenters. The van der Waals surface area contributed by atoms with E-state index in [1.807, 2.05) is 19.1 Å². The summed E-state index contributed by atoms with van der Waals surface area (Å²) in [6, 6.07) is 6.08. The largest absolute Gasteiger partial charge is 0.493 e. The van der Waals surface area contributed by atoms with Gasteiger partial charge in [-0.3, -0.25) is 0 Å². The highest BCUT2D eigenvalue weighted by atomic mass is 16.5. The summed E-state index contributed by atoms with van der Waals surface area (Å²) in [4.78, 5) is 0. The second-order valence-electron chi connectivity index (χ2n) is 4.51. The van der Waals surface area contributed by atoms with Crippen LogP contribution >= 0.6 is 0 Å². The minimum atomic E-state index is 0.379. The lowest BCUT2D eigenvalue weighted by Crippen LogP contribution is -2.03. The highest BCUT2D eigenvalue weighted by Gasteiger charge is 2.10. The minimum absolute atomic E-state index is 0.379. The molecule has 1 rings (SSSR count). The lowest BCUT2D eigenvalue weighted by Gasteiger charge is -2.16. The van der Waals surface area contributed by atoms with Crippen molar-refractivity contribution >= 4 is 5.69 Å². The first kappa shape index (κ1) is 13.4. The molecule has 0 aliphatic rings. The van der Waals surface area contributed by atoms with E-state index in [-0.39, 0.29) is 0 Å². The van der Waals surface area contributed by atoms with Crippen molar-refractivity contribution in [3.63, 3.8) is 0 Å². The van der Waals surface area contributed by atoms with Gasteiger partial charge in [-0.1, -0.05) is 13.8 Å². The van der Waals surface area contributed by atoms with Gasteiger partial charge in [-0.15, -0.1) is 0 Å². The first-order valence-electron chi connectivity index (χ1n) is 5.96. The molecule has 3 heteroatoms. The zero-order chi connectivity index (χ0) is 12.8. The molecule has 2 N–H and O–H groups in total. The van der Waals surface area contributed by atoms with Crippen LogP contribution in [0, 0.1) is 18.3 Å². The van der Waals surface area contributed by atoms with Crippen LogP contribution in [0.3, 0.4) is 0 Å². The van der Waals surface area contributed by atoms with Crippen LogP contribution in [0.4, 0.5) is 5.69 Å². The molecule has 0 atom stereocenters. The number of anilines is 1. The molecule has 0 aliphatic carbocycles. The predicted molar refractivity (Wildman–Crippen MR) is 70.0 cm³/mol. The van der Waals surface area contributed by atoms with E-state index in [9.17, 15) is 0 Å². The van der Waals surface area contributed by atoms with Crippen LogP contribution in [-0.2, 0) is 0 Å². The third-order valence-corrected chi connectivity index (χ3v) is 2.71.